The molecule has 1 aromatic carbocycles. The molecule has 0 radical (unpaired) electrons. The molecule has 0 aliphatic rings. The third-order valence-electron chi connectivity index (χ3n) is 1.59. The monoisotopic (exact) mass is 320 g/mol. The molecule has 7 heteroatoms. The molecule has 16 heavy (non-hydrogen) atoms. The second-order valence-electron chi connectivity index (χ2n) is 2.89. The molecule has 0 N–H and O–H groups in total. The molecule has 0 spiro atoms. The van der Waals surface area contributed by atoms with Gasteiger partial charge in [0.15, 0.2) is 11.5 Å². The molecular weight excluding hydrogens is 317 g/mol. The quantitative estimate of drug-likeness (QED) is 0.583. The van der Waals surface area contributed by atoms with Crippen LogP contribution in [-0.4, -0.2) is 12.4 Å². The van der Waals surface area contributed by atoms with E-state index >= 15 is 0 Å². The molecule has 1 rings (SSSR count). The van der Waals surface area contributed by atoms with Crippen molar-refractivity contribution in [1.29, 1.82) is 0 Å². The second-order valence-corrected chi connectivity index (χ2v) is 4.78. The first-order valence-corrected chi connectivity index (χ1v) is 5.89. The largest absolute Gasteiger partial charge is 0.483 e. The number of ether oxygens (including phenoxy) is 1. The van der Waals surface area contributed by atoms with Gasteiger partial charge in [-0.1, -0.05) is 58.0 Å². The summed E-state index contributed by atoms with van der Waals surface area (Å²) in [7, 11) is 0. The Kier molecular flexibility index (Phi) is 5.02. The molecule has 0 aromatic heterocycles. The van der Waals surface area contributed by atoms with E-state index < -0.39 is 0 Å². The Bertz CT molecular complexity index is 415. The number of ketones is 1. The molecule has 0 saturated carbocycles. The number of carbonyl (C=O) groups excluding carboxylic acids is 1. The van der Waals surface area contributed by atoms with Gasteiger partial charge in [-0.2, -0.15) is 0 Å². The fourth-order valence-electron chi connectivity index (χ4n) is 0.885. The molecule has 88 valence electrons. The highest BCUT2D eigenvalue weighted by Gasteiger charge is 2.20. The van der Waals surface area contributed by atoms with E-state index in [0.29, 0.717) is 0 Å². The number of hydrogen-bond acceptors (Lipinski definition) is 2. The lowest BCUT2D eigenvalue weighted by Crippen LogP contribution is -2.07. The van der Waals surface area contributed by atoms with Crippen LogP contribution in [0.5, 0.6) is 5.75 Å². The van der Waals surface area contributed by atoms with E-state index in [1.165, 1.54) is 6.92 Å². The van der Waals surface area contributed by atoms with E-state index in [4.69, 9.17) is 62.7 Å². The molecule has 0 heterocycles. The SMILES string of the molecule is CC(=O)COc1c(Cl)c(Cl)c(Cl)c(Cl)c1Cl. The first kappa shape index (κ1) is 14.2. The highest BCUT2D eigenvalue weighted by Crippen LogP contribution is 2.48. The first-order chi connectivity index (χ1) is 7.36. The standard InChI is InChI=1S/C9H5Cl5O2/c1-3(15)2-16-9-7(13)5(11)4(10)6(12)8(9)14/h2H2,1H3. The second kappa shape index (κ2) is 5.65. The van der Waals surface area contributed by atoms with Crippen LogP contribution in [0.15, 0.2) is 0 Å². The van der Waals surface area contributed by atoms with Crippen molar-refractivity contribution in [2.75, 3.05) is 6.61 Å². The Hall–Kier alpha value is 0.140. The maximum absolute atomic E-state index is 10.8. The molecular formula is C9H5Cl5O2. The van der Waals surface area contributed by atoms with Crippen LogP contribution in [-0.2, 0) is 4.79 Å². The topological polar surface area (TPSA) is 26.3 Å². The normalized spacial score (nSPS) is 10.4. The van der Waals surface area contributed by atoms with Crippen LogP contribution in [0.4, 0.5) is 0 Å². The number of benzene rings is 1. The van der Waals surface area contributed by atoms with Gasteiger partial charge in [-0.25, -0.2) is 0 Å². The Morgan fingerprint density at radius 3 is 1.69 bits per heavy atom. The van der Waals surface area contributed by atoms with Crippen molar-refractivity contribution in [3.63, 3.8) is 0 Å². The van der Waals surface area contributed by atoms with E-state index in [1.54, 1.807) is 0 Å². The molecule has 0 aliphatic heterocycles. The molecule has 0 fully saturated rings. The van der Waals surface area contributed by atoms with Gasteiger partial charge in [0.25, 0.3) is 0 Å². The predicted octanol–water partition coefficient (Wildman–Crippen LogP) is 4.92. The number of halogens is 5. The number of carbonyl (C=O) groups is 1. The lowest BCUT2D eigenvalue weighted by Gasteiger charge is -2.12. The minimum absolute atomic E-state index is 0.0299. The summed E-state index contributed by atoms with van der Waals surface area (Å²) in [5, 5.41) is 0.186. The van der Waals surface area contributed by atoms with Crippen LogP contribution in [0, 0.1) is 0 Å². The van der Waals surface area contributed by atoms with E-state index in [-0.39, 0.29) is 43.3 Å². The zero-order chi connectivity index (χ0) is 12.5. The summed E-state index contributed by atoms with van der Waals surface area (Å²) >= 11 is 29.1. The summed E-state index contributed by atoms with van der Waals surface area (Å²) in [6.07, 6.45) is 0. The summed E-state index contributed by atoms with van der Waals surface area (Å²) < 4.78 is 5.10. The zero-order valence-electron chi connectivity index (χ0n) is 7.91. The highest BCUT2D eigenvalue weighted by atomic mass is 35.5. The average Bonchev–Trinajstić information content (AvgIpc) is 2.23. The van der Waals surface area contributed by atoms with E-state index in [0.717, 1.165) is 0 Å². The maximum Gasteiger partial charge on any atom is 0.167 e. The van der Waals surface area contributed by atoms with Gasteiger partial charge in [0, 0.05) is 0 Å². The molecule has 0 atom stereocenters. The molecule has 2 nitrogen and oxygen atoms in total. The number of rotatable bonds is 3. The van der Waals surface area contributed by atoms with E-state index in [2.05, 4.69) is 0 Å². The minimum atomic E-state index is -0.186. The summed E-state index contributed by atoms with van der Waals surface area (Å²) in [4.78, 5) is 10.8. The smallest absolute Gasteiger partial charge is 0.167 e. The fourth-order valence-corrected chi connectivity index (χ4v) is 2.12. The van der Waals surface area contributed by atoms with Crippen molar-refractivity contribution in [1.82, 2.24) is 0 Å². The summed E-state index contributed by atoms with van der Waals surface area (Å²) in [6, 6.07) is 0. The van der Waals surface area contributed by atoms with E-state index in [1.807, 2.05) is 0 Å². The zero-order valence-corrected chi connectivity index (χ0v) is 11.7. The lowest BCUT2D eigenvalue weighted by molar-refractivity contribution is -0.118. The summed E-state index contributed by atoms with van der Waals surface area (Å²) in [6.45, 7) is 1.19. The van der Waals surface area contributed by atoms with Crippen molar-refractivity contribution >= 4 is 63.8 Å². The minimum Gasteiger partial charge on any atom is -0.483 e. The van der Waals surface area contributed by atoms with Gasteiger partial charge >= 0.3 is 0 Å². The average molecular weight is 322 g/mol. The van der Waals surface area contributed by atoms with Crippen LogP contribution in [0.25, 0.3) is 0 Å². The van der Waals surface area contributed by atoms with Crippen LogP contribution < -0.4 is 4.74 Å². The first-order valence-electron chi connectivity index (χ1n) is 4.00. The van der Waals surface area contributed by atoms with Gasteiger partial charge in [0.1, 0.15) is 16.7 Å². The van der Waals surface area contributed by atoms with Gasteiger partial charge in [-0.3, -0.25) is 4.79 Å². The van der Waals surface area contributed by atoms with Crippen molar-refractivity contribution in [3.8, 4) is 5.75 Å². The molecule has 0 amide bonds. The van der Waals surface area contributed by atoms with Gasteiger partial charge in [0.05, 0.1) is 15.1 Å². The summed E-state index contributed by atoms with van der Waals surface area (Å²) in [5.41, 5.74) is 0. The highest BCUT2D eigenvalue weighted by molar-refractivity contribution is 6.55. The van der Waals surface area contributed by atoms with Crippen LogP contribution >= 0.6 is 58.0 Å². The molecule has 0 bridgehead atoms. The molecule has 0 saturated heterocycles. The van der Waals surface area contributed by atoms with E-state index in [9.17, 15) is 4.79 Å². The van der Waals surface area contributed by atoms with Gasteiger partial charge in [-0.05, 0) is 6.92 Å². The number of Topliss-reactive ketones (excluding diaryl/α,β-unsaturated/α-hetero) is 1. The Morgan fingerprint density at radius 1 is 0.938 bits per heavy atom. The molecule has 0 unspecified atom stereocenters. The Labute approximate surface area is 117 Å². The summed E-state index contributed by atoms with van der Waals surface area (Å²) in [5.74, 6) is -0.132. The van der Waals surface area contributed by atoms with Crippen LogP contribution in [0.1, 0.15) is 6.92 Å². The maximum atomic E-state index is 10.8. The third-order valence-corrected chi connectivity index (χ3v) is 3.83. The van der Waals surface area contributed by atoms with Crippen LogP contribution in [0.3, 0.4) is 0 Å². The number of hydrogen-bond donors (Lipinski definition) is 0. The van der Waals surface area contributed by atoms with Crippen molar-refractivity contribution in [3.05, 3.63) is 25.1 Å². The fraction of sp³-hybridized carbons (Fsp3) is 0.222. The molecule has 0 aliphatic carbocycles. The van der Waals surface area contributed by atoms with Gasteiger partial charge < -0.3 is 4.74 Å². The third kappa shape index (κ3) is 2.88. The molecule has 1 aromatic rings. The lowest BCUT2D eigenvalue weighted by atomic mass is 10.3. The van der Waals surface area contributed by atoms with Crippen LogP contribution in [0.2, 0.25) is 25.1 Å². The van der Waals surface area contributed by atoms with Gasteiger partial charge in [-0.15, -0.1) is 0 Å². The van der Waals surface area contributed by atoms with Gasteiger partial charge in [0.2, 0.25) is 0 Å². The Balaban J connectivity index is 3.23. The van der Waals surface area contributed by atoms with Crippen molar-refractivity contribution in [2.24, 2.45) is 0 Å². The predicted molar refractivity (Wildman–Crippen MR) is 67.7 cm³/mol. The van der Waals surface area contributed by atoms with Crippen molar-refractivity contribution < 1.29 is 9.53 Å². The van der Waals surface area contributed by atoms with Crippen molar-refractivity contribution in [2.45, 2.75) is 6.92 Å². The Morgan fingerprint density at radius 2 is 1.31 bits per heavy atom.